The second-order valence-electron chi connectivity index (χ2n) is 2.82. The summed E-state index contributed by atoms with van der Waals surface area (Å²) in [6, 6.07) is 3.10. The molecule has 1 rings (SSSR count). The van der Waals surface area contributed by atoms with Crippen LogP contribution in [0.5, 0.6) is 11.5 Å². The van der Waals surface area contributed by atoms with E-state index in [1.54, 1.807) is 6.07 Å². The van der Waals surface area contributed by atoms with E-state index in [2.05, 4.69) is 26.1 Å². The van der Waals surface area contributed by atoms with Crippen LogP contribution < -0.4 is 16.2 Å². The highest BCUT2D eigenvalue weighted by Gasteiger charge is 2.06. The summed E-state index contributed by atoms with van der Waals surface area (Å²) in [5, 5.41) is 16.6. The van der Waals surface area contributed by atoms with Gasteiger partial charge in [-0.15, -0.1) is 5.10 Å². The number of guanidine groups is 1. The van der Waals surface area contributed by atoms with E-state index in [0.29, 0.717) is 15.8 Å². The number of phenolic OH excluding ortho intramolecular Hbond substituents is 1. The standard InChI is InChI=1S/C9H11BrN4O2/c1-16-8-3-6(10)5(2-7(8)15)4-13-14-9(11)12/h2-4,15H,1H3,(H4,11,12,14). The summed E-state index contributed by atoms with van der Waals surface area (Å²) in [6.45, 7) is 0. The van der Waals surface area contributed by atoms with Crippen molar-refractivity contribution in [2.45, 2.75) is 0 Å². The second-order valence-corrected chi connectivity index (χ2v) is 3.67. The number of benzene rings is 1. The molecule has 86 valence electrons. The molecule has 0 unspecified atom stereocenters. The van der Waals surface area contributed by atoms with Gasteiger partial charge in [-0.2, -0.15) is 5.10 Å². The molecule has 0 aliphatic heterocycles. The molecule has 0 saturated heterocycles. The maximum atomic E-state index is 9.53. The Morgan fingerprint density at radius 1 is 1.50 bits per heavy atom. The third-order valence-electron chi connectivity index (χ3n) is 1.67. The summed E-state index contributed by atoms with van der Waals surface area (Å²) < 4.78 is 5.64. The van der Waals surface area contributed by atoms with Crippen molar-refractivity contribution in [3.05, 3.63) is 22.2 Å². The van der Waals surface area contributed by atoms with Crippen molar-refractivity contribution in [3.63, 3.8) is 0 Å². The van der Waals surface area contributed by atoms with Gasteiger partial charge in [0.25, 0.3) is 0 Å². The average Bonchev–Trinajstić information content (AvgIpc) is 2.22. The van der Waals surface area contributed by atoms with E-state index < -0.39 is 0 Å². The molecule has 1 aromatic rings. The van der Waals surface area contributed by atoms with E-state index in [1.807, 2.05) is 0 Å². The van der Waals surface area contributed by atoms with Crippen molar-refractivity contribution in [1.82, 2.24) is 0 Å². The summed E-state index contributed by atoms with van der Waals surface area (Å²) in [6.07, 6.45) is 1.41. The molecular weight excluding hydrogens is 276 g/mol. The number of nitrogens with zero attached hydrogens (tertiary/aromatic N) is 2. The van der Waals surface area contributed by atoms with Crippen LogP contribution >= 0.6 is 15.9 Å². The van der Waals surface area contributed by atoms with Crippen LogP contribution in [0.25, 0.3) is 0 Å². The first-order valence-electron chi connectivity index (χ1n) is 4.23. The Hall–Kier alpha value is -1.76. The quantitative estimate of drug-likeness (QED) is 0.433. The fraction of sp³-hybridized carbons (Fsp3) is 0.111. The smallest absolute Gasteiger partial charge is 0.211 e. The molecule has 0 aromatic heterocycles. The van der Waals surface area contributed by atoms with Gasteiger partial charge in [0, 0.05) is 10.0 Å². The van der Waals surface area contributed by atoms with Crippen LogP contribution in [0.15, 0.2) is 26.8 Å². The molecule has 7 heteroatoms. The van der Waals surface area contributed by atoms with E-state index in [4.69, 9.17) is 16.2 Å². The number of hydrogen-bond acceptors (Lipinski definition) is 4. The minimum absolute atomic E-state index is 0.0110. The average molecular weight is 287 g/mol. The van der Waals surface area contributed by atoms with Gasteiger partial charge in [-0.1, -0.05) is 0 Å². The number of nitrogens with two attached hydrogens (primary N) is 2. The molecule has 0 bridgehead atoms. The molecule has 6 nitrogen and oxygen atoms in total. The van der Waals surface area contributed by atoms with Gasteiger partial charge in [0.05, 0.1) is 13.3 Å². The van der Waals surface area contributed by atoms with E-state index in [-0.39, 0.29) is 11.7 Å². The van der Waals surface area contributed by atoms with Gasteiger partial charge in [0.1, 0.15) is 0 Å². The third-order valence-corrected chi connectivity index (χ3v) is 2.35. The predicted molar refractivity (Wildman–Crippen MR) is 65.8 cm³/mol. The Labute approximate surface area is 101 Å². The summed E-state index contributed by atoms with van der Waals surface area (Å²) >= 11 is 3.30. The van der Waals surface area contributed by atoms with Crippen molar-refractivity contribution in [3.8, 4) is 11.5 Å². The van der Waals surface area contributed by atoms with E-state index in [9.17, 15) is 5.11 Å². The first-order valence-corrected chi connectivity index (χ1v) is 5.02. The summed E-state index contributed by atoms with van der Waals surface area (Å²) in [4.78, 5) is 0. The lowest BCUT2D eigenvalue weighted by atomic mass is 10.2. The molecule has 1 aromatic carbocycles. The zero-order valence-corrected chi connectivity index (χ0v) is 10.1. The van der Waals surface area contributed by atoms with Gasteiger partial charge in [0.2, 0.25) is 5.96 Å². The SMILES string of the molecule is COc1cc(Br)c(C=NN=C(N)N)cc1O. The molecule has 0 radical (unpaired) electrons. The van der Waals surface area contributed by atoms with Gasteiger partial charge in [0.15, 0.2) is 11.5 Å². The Bertz CT molecular complexity index is 441. The fourth-order valence-corrected chi connectivity index (χ4v) is 1.40. The molecule has 0 saturated carbocycles. The number of rotatable bonds is 3. The Kier molecular flexibility index (Phi) is 4.12. The molecule has 0 fully saturated rings. The number of methoxy groups -OCH3 is 1. The largest absolute Gasteiger partial charge is 0.504 e. The van der Waals surface area contributed by atoms with Crippen LogP contribution in [0.3, 0.4) is 0 Å². The van der Waals surface area contributed by atoms with Crippen molar-refractivity contribution < 1.29 is 9.84 Å². The van der Waals surface area contributed by atoms with E-state index in [0.717, 1.165) is 0 Å². The van der Waals surface area contributed by atoms with Gasteiger partial charge in [-0.05, 0) is 28.1 Å². The monoisotopic (exact) mass is 286 g/mol. The third kappa shape index (κ3) is 3.13. The Balaban J connectivity index is 3.02. The number of hydrogen-bond donors (Lipinski definition) is 3. The lowest BCUT2D eigenvalue weighted by Crippen LogP contribution is -2.21. The zero-order valence-electron chi connectivity index (χ0n) is 8.51. The van der Waals surface area contributed by atoms with Crippen LogP contribution in [0.4, 0.5) is 0 Å². The summed E-state index contributed by atoms with van der Waals surface area (Å²) in [5.41, 5.74) is 10.8. The molecule has 0 heterocycles. The van der Waals surface area contributed by atoms with E-state index >= 15 is 0 Å². The molecule has 0 atom stereocenters. The second kappa shape index (κ2) is 5.36. The van der Waals surface area contributed by atoms with Crippen molar-refractivity contribution >= 4 is 28.1 Å². The fourth-order valence-electron chi connectivity index (χ4n) is 0.980. The Morgan fingerprint density at radius 2 is 2.19 bits per heavy atom. The minimum Gasteiger partial charge on any atom is -0.504 e. The Morgan fingerprint density at radius 3 is 2.75 bits per heavy atom. The lowest BCUT2D eigenvalue weighted by Gasteiger charge is -2.05. The van der Waals surface area contributed by atoms with Crippen LogP contribution in [0.1, 0.15) is 5.56 Å². The topological polar surface area (TPSA) is 106 Å². The van der Waals surface area contributed by atoms with E-state index in [1.165, 1.54) is 19.4 Å². The molecule has 0 spiro atoms. The van der Waals surface area contributed by atoms with Crippen LogP contribution in [0.2, 0.25) is 0 Å². The minimum atomic E-state index is -0.134. The first kappa shape index (κ1) is 12.3. The van der Waals surface area contributed by atoms with Gasteiger partial charge in [-0.3, -0.25) is 0 Å². The van der Waals surface area contributed by atoms with Crippen LogP contribution in [0, 0.1) is 0 Å². The molecular formula is C9H11BrN4O2. The lowest BCUT2D eigenvalue weighted by molar-refractivity contribution is 0.373. The van der Waals surface area contributed by atoms with Gasteiger partial charge < -0.3 is 21.3 Å². The maximum absolute atomic E-state index is 9.53. The molecule has 0 aliphatic carbocycles. The van der Waals surface area contributed by atoms with Crippen molar-refractivity contribution in [2.24, 2.45) is 21.7 Å². The summed E-state index contributed by atoms with van der Waals surface area (Å²) in [7, 11) is 1.47. The van der Waals surface area contributed by atoms with Gasteiger partial charge >= 0.3 is 0 Å². The number of halogens is 1. The molecule has 5 N–H and O–H groups in total. The van der Waals surface area contributed by atoms with Crippen LogP contribution in [-0.4, -0.2) is 24.4 Å². The normalized spacial score (nSPS) is 10.4. The predicted octanol–water partition coefficient (Wildman–Crippen LogP) is 0.771. The molecule has 0 aliphatic rings. The zero-order chi connectivity index (χ0) is 12.1. The number of aromatic hydroxyl groups is 1. The highest BCUT2D eigenvalue weighted by molar-refractivity contribution is 9.10. The molecule has 0 amide bonds. The summed E-state index contributed by atoms with van der Waals surface area (Å²) in [5.74, 6) is 0.243. The highest BCUT2D eigenvalue weighted by atomic mass is 79.9. The van der Waals surface area contributed by atoms with Crippen molar-refractivity contribution in [2.75, 3.05) is 7.11 Å². The van der Waals surface area contributed by atoms with Crippen molar-refractivity contribution in [1.29, 1.82) is 0 Å². The van der Waals surface area contributed by atoms with Gasteiger partial charge in [-0.25, -0.2) is 0 Å². The molecule has 16 heavy (non-hydrogen) atoms. The number of phenols is 1. The highest BCUT2D eigenvalue weighted by Crippen LogP contribution is 2.31. The first-order chi connectivity index (χ1) is 7.54. The maximum Gasteiger partial charge on any atom is 0.211 e. The van der Waals surface area contributed by atoms with Crippen LogP contribution in [-0.2, 0) is 0 Å². The number of ether oxygens (including phenoxy) is 1.